The molecule has 40 heavy (non-hydrogen) atoms. The van der Waals surface area contributed by atoms with Crippen LogP contribution in [0.15, 0.2) is 0 Å². The molecule has 0 aromatic carbocycles. The first kappa shape index (κ1) is 38.8. The van der Waals surface area contributed by atoms with E-state index in [-0.39, 0.29) is 24.6 Å². The van der Waals surface area contributed by atoms with Crippen LogP contribution in [0, 0.1) is 0 Å². The lowest BCUT2D eigenvalue weighted by molar-refractivity contribution is -0.149. The van der Waals surface area contributed by atoms with Gasteiger partial charge < -0.3 is 24.8 Å². The molecular formula is C33H66N2O5. The number of carbonyl (C=O) groups is 2. The molecule has 0 fully saturated rings. The zero-order chi connectivity index (χ0) is 29.5. The number of esters is 2. The van der Waals surface area contributed by atoms with Crippen LogP contribution < -0.4 is 5.32 Å². The number of aliphatic hydroxyl groups is 1. The van der Waals surface area contributed by atoms with Crippen molar-refractivity contribution in [1.29, 1.82) is 0 Å². The van der Waals surface area contributed by atoms with Gasteiger partial charge in [0.2, 0.25) is 0 Å². The summed E-state index contributed by atoms with van der Waals surface area (Å²) >= 11 is 0. The fourth-order valence-electron chi connectivity index (χ4n) is 4.91. The third-order valence-electron chi connectivity index (χ3n) is 7.46. The van der Waals surface area contributed by atoms with Crippen LogP contribution in [0.1, 0.15) is 149 Å². The van der Waals surface area contributed by atoms with E-state index in [4.69, 9.17) is 9.47 Å². The second kappa shape index (κ2) is 30.8. The van der Waals surface area contributed by atoms with Gasteiger partial charge in [-0.2, -0.15) is 0 Å². The average molecular weight is 571 g/mol. The van der Waals surface area contributed by atoms with Gasteiger partial charge in [0.15, 0.2) is 0 Å². The number of nitrogens with zero attached hydrogens (tertiary/aromatic N) is 1. The van der Waals surface area contributed by atoms with Gasteiger partial charge in [-0.25, -0.2) is 0 Å². The van der Waals surface area contributed by atoms with Crippen molar-refractivity contribution in [2.24, 2.45) is 0 Å². The van der Waals surface area contributed by atoms with E-state index in [1.165, 1.54) is 38.5 Å². The van der Waals surface area contributed by atoms with E-state index >= 15 is 0 Å². The van der Waals surface area contributed by atoms with E-state index in [0.29, 0.717) is 26.0 Å². The van der Waals surface area contributed by atoms with E-state index in [9.17, 15) is 14.7 Å². The van der Waals surface area contributed by atoms with Crippen LogP contribution in [-0.2, 0) is 19.1 Å². The topological polar surface area (TPSA) is 88.1 Å². The molecule has 0 aliphatic heterocycles. The van der Waals surface area contributed by atoms with Crippen LogP contribution in [0.25, 0.3) is 0 Å². The number of carbonyl (C=O) groups excluding carboxylic acids is 2. The maximum atomic E-state index is 11.9. The lowest BCUT2D eigenvalue weighted by Crippen LogP contribution is -2.31. The molecule has 238 valence electrons. The summed E-state index contributed by atoms with van der Waals surface area (Å²) in [5, 5.41) is 12.9. The van der Waals surface area contributed by atoms with Gasteiger partial charge in [-0.3, -0.25) is 9.59 Å². The van der Waals surface area contributed by atoms with Crippen LogP contribution in [0.2, 0.25) is 0 Å². The van der Waals surface area contributed by atoms with Crippen molar-refractivity contribution in [1.82, 2.24) is 10.2 Å². The smallest absolute Gasteiger partial charge is 0.306 e. The minimum Gasteiger partial charge on any atom is -0.466 e. The molecular weight excluding hydrogens is 504 g/mol. The molecule has 0 heterocycles. The van der Waals surface area contributed by atoms with Crippen molar-refractivity contribution < 1.29 is 24.2 Å². The fourth-order valence-corrected chi connectivity index (χ4v) is 4.91. The van der Waals surface area contributed by atoms with Gasteiger partial charge in [0.25, 0.3) is 0 Å². The minimum absolute atomic E-state index is 0.0498. The number of ether oxygens (including phenoxy) is 2. The molecule has 0 aromatic heterocycles. The van der Waals surface area contributed by atoms with Gasteiger partial charge in [-0.15, -0.1) is 0 Å². The second-order valence-electron chi connectivity index (χ2n) is 11.3. The Labute approximate surface area is 247 Å². The Morgan fingerprint density at radius 3 is 1.95 bits per heavy atom. The second-order valence-corrected chi connectivity index (χ2v) is 11.3. The van der Waals surface area contributed by atoms with E-state index < -0.39 is 0 Å². The molecule has 7 nitrogen and oxygen atoms in total. The van der Waals surface area contributed by atoms with Crippen molar-refractivity contribution >= 4 is 11.9 Å². The predicted octanol–water partition coefficient (Wildman–Crippen LogP) is 7.19. The summed E-state index contributed by atoms with van der Waals surface area (Å²) in [5.41, 5.74) is 0. The Hall–Kier alpha value is -1.18. The summed E-state index contributed by atoms with van der Waals surface area (Å²) in [6.45, 7) is 11.7. The highest BCUT2D eigenvalue weighted by molar-refractivity contribution is 5.69. The molecule has 0 amide bonds. The SMILES string of the molecule is CCCCCCCCCCOC(=O)CCCCCN(CCO)CCCNCCCCCC(=O)OC(CC)CCC. The van der Waals surface area contributed by atoms with Gasteiger partial charge in [-0.05, 0) is 77.5 Å². The maximum absolute atomic E-state index is 11.9. The quantitative estimate of drug-likeness (QED) is 0.0674. The van der Waals surface area contributed by atoms with Gasteiger partial charge in [0.1, 0.15) is 6.10 Å². The van der Waals surface area contributed by atoms with Crippen LogP contribution in [0.3, 0.4) is 0 Å². The van der Waals surface area contributed by atoms with Crippen molar-refractivity contribution in [3.05, 3.63) is 0 Å². The lowest BCUT2D eigenvalue weighted by Gasteiger charge is -2.21. The maximum Gasteiger partial charge on any atom is 0.306 e. The van der Waals surface area contributed by atoms with Crippen LogP contribution in [0.4, 0.5) is 0 Å². The number of nitrogens with one attached hydrogen (secondary N) is 1. The summed E-state index contributed by atoms with van der Waals surface area (Å²) in [6.07, 6.45) is 21.0. The first-order valence-electron chi connectivity index (χ1n) is 17.0. The summed E-state index contributed by atoms with van der Waals surface area (Å²) < 4.78 is 10.9. The highest BCUT2D eigenvalue weighted by Crippen LogP contribution is 2.11. The van der Waals surface area contributed by atoms with Crippen molar-refractivity contribution in [3.63, 3.8) is 0 Å². The van der Waals surface area contributed by atoms with Crippen LogP contribution >= 0.6 is 0 Å². The molecule has 7 heteroatoms. The van der Waals surface area contributed by atoms with Crippen molar-refractivity contribution in [2.75, 3.05) is 45.9 Å². The summed E-state index contributed by atoms with van der Waals surface area (Å²) in [5.74, 6) is -0.107. The number of aliphatic hydroxyl groups excluding tert-OH is 1. The summed E-state index contributed by atoms with van der Waals surface area (Å²) in [6, 6.07) is 0. The summed E-state index contributed by atoms with van der Waals surface area (Å²) in [4.78, 5) is 26.2. The van der Waals surface area contributed by atoms with Crippen molar-refractivity contribution in [2.45, 2.75) is 155 Å². The molecule has 1 unspecified atom stereocenters. The normalized spacial score (nSPS) is 12.1. The highest BCUT2D eigenvalue weighted by atomic mass is 16.5. The third-order valence-corrected chi connectivity index (χ3v) is 7.46. The zero-order valence-corrected chi connectivity index (χ0v) is 26.7. The fraction of sp³-hybridized carbons (Fsp3) is 0.939. The highest BCUT2D eigenvalue weighted by Gasteiger charge is 2.11. The molecule has 0 spiro atoms. The van der Waals surface area contributed by atoms with E-state index in [1.807, 2.05) is 0 Å². The first-order chi connectivity index (χ1) is 19.6. The average Bonchev–Trinajstić information content (AvgIpc) is 2.94. The molecule has 0 aliphatic carbocycles. The Bertz CT molecular complexity index is 561. The van der Waals surface area contributed by atoms with Crippen molar-refractivity contribution in [3.8, 4) is 0 Å². The van der Waals surface area contributed by atoms with Crippen LogP contribution in [-0.4, -0.2) is 74.0 Å². The molecule has 0 aromatic rings. The van der Waals surface area contributed by atoms with Gasteiger partial charge in [-0.1, -0.05) is 85.0 Å². The number of rotatable bonds is 31. The minimum atomic E-state index is -0.0572. The predicted molar refractivity (Wildman–Crippen MR) is 167 cm³/mol. The molecule has 0 saturated carbocycles. The Kier molecular flexibility index (Phi) is 29.9. The zero-order valence-electron chi connectivity index (χ0n) is 26.7. The molecule has 0 rings (SSSR count). The summed E-state index contributed by atoms with van der Waals surface area (Å²) in [7, 11) is 0. The lowest BCUT2D eigenvalue weighted by atomic mass is 10.1. The molecule has 0 bridgehead atoms. The largest absolute Gasteiger partial charge is 0.466 e. The number of hydrogen-bond acceptors (Lipinski definition) is 7. The molecule has 0 saturated heterocycles. The van der Waals surface area contributed by atoms with E-state index in [1.54, 1.807) is 0 Å². The van der Waals surface area contributed by atoms with E-state index in [0.717, 1.165) is 103 Å². The molecule has 0 radical (unpaired) electrons. The Morgan fingerprint density at radius 2 is 1.27 bits per heavy atom. The van der Waals surface area contributed by atoms with Crippen LogP contribution in [0.5, 0.6) is 0 Å². The van der Waals surface area contributed by atoms with Gasteiger partial charge in [0.05, 0.1) is 13.2 Å². The monoisotopic (exact) mass is 570 g/mol. The Balaban J connectivity index is 3.62. The van der Waals surface area contributed by atoms with E-state index in [2.05, 4.69) is 31.0 Å². The standard InChI is InChI=1S/C33H66N2O5/c1-4-7-8-9-10-11-12-19-30-39-32(37)22-16-14-18-26-35(28-29-36)27-20-25-34-24-17-13-15-23-33(38)40-31(6-3)21-5-2/h31,34,36H,4-30H2,1-3H3. The molecule has 1 atom stereocenters. The first-order valence-corrected chi connectivity index (χ1v) is 17.0. The number of hydrogen-bond donors (Lipinski definition) is 2. The van der Waals surface area contributed by atoms with Gasteiger partial charge in [0, 0.05) is 19.4 Å². The Morgan fingerprint density at radius 1 is 0.675 bits per heavy atom. The number of unbranched alkanes of at least 4 members (excludes halogenated alkanes) is 11. The third kappa shape index (κ3) is 27.0. The molecule has 2 N–H and O–H groups in total. The van der Waals surface area contributed by atoms with Gasteiger partial charge >= 0.3 is 11.9 Å². The molecule has 0 aliphatic rings.